The van der Waals surface area contributed by atoms with Crippen LogP contribution in [-0.4, -0.2) is 46.9 Å². The molecule has 0 fully saturated rings. The van der Waals surface area contributed by atoms with Crippen LogP contribution in [0.15, 0.2) is 89.1 Å². The highest BCUT2D eigenvalue weighted by molar-refractivity contribution is 7.99. The van der Waals surface area contributed by atoms with Crippen molar-refractivity contribution in [3.8, 4) is 28.6 Å². The lowest BCUT2D eigenvalue weighted by atomic mass is 10.1. The molecule has 0 saturated heterocycles. The van der Waals surface area contributed by atoms with Gasteiger partial charge < -0.3 is 9.47 Å². The second kappa shape index (κ2) is 12.5. The monoisotopic (exact) mass is 513 g/mol. The quantitative estimate of drug-likeness (QED) is 0.179. The van der Waals surface area contributed by atoms with Crippen molar-refractivity contribution in [3.63, 3.8) is 0 Å². The first kappa shape index (κ1) is 25.7. The van der Waals surface area contributed by atoms with E-state index in [1.807, 2.05) is 90.4 Å². The summed E-state index contributed by atoms with van der Waals surface area (Å²) < 4.78 is 12.5. The highest BCUT2D eigenvalue weighted by Gasteiger charge is 2.17. The Kier molecular flexibility index (Phi) is 8.72. The van der Waals surface area contributed by atoms with Crippen LogP contribution in [0.4, 0.5) is 0 Å². The lowest BCUT2D eigenvalue weighted by Crippen LogP contribution is -2.19. The van der Waals surface area contributed by atoms with E-state index >= 15 is 0 Å². The van der Waals surface area contributed by atoms with Crippen LogP contribution < -0.4 is 14.9 Å². The summed E-state index contributed by atoms with van der Waals surface area (Å²) >= 11 is 1.28. The van der Waals surface area contributed by atoms with E-state index in [1.54, 1.807) is 20.3 Å². The number of hydrogen-bond acceptors (Lipinski definition) is 7. The summed E-state index contributed by atoms with van der Waals surface area (Å²) in [5.74, 6) is 2.06. The molecule has 1 heterocycles. The van der Waals surface area contributed by atoms with Crippen LogP contribution in [0, 0.1) is 6.92 Å². The van der Waals surface area contributed by atoms with Crippen molar-refractivity contribution >= 4 is 30.0 Å². The maximum absolute atomic E-state index is 12.4. The lowest BCUT2D eigenvalue weighted by Gasteiger charge is -2.11. The molecule has 37 heavy (non-hydrogen) atoms. The predicted octanol–water partition coefficient (Wildman–Crippen LogP) is 5.17. The third kappa shape index (κ3) is 6.65. The molecule has 0 atom stereocenters. The van der Waals surface area contributed by atoms with Crippen molar-refractivity contribution in [3.05, 3.63) is 90.0 Å². The van der Waals surface area contributed by atoms with E-state index in [2.05, 4.69) is 20.7 Å². The zero-order valence-electron chi connectivity index (χ0n) is 20.8. The molecular weight excluding hydrogens is 486 g/mol. The van der Waals surface area contributed by atoms with Crippen molar-refractivity contribution in [1.82, 2.24) is 20.2 Å². The summed E-state index contributed by atoms with van der Waals surface area (Å²) in [5.41, 5.74) is 6.41. The molecule has 8 nitrogen and oxygen atoms in total. The molecule has 0 spiro atoms. The molecule has 3 aromatic carbocycles. The normalized spacial score (nSPS) is 11.2. The number of methoxy groups -OCH3 is 2. The van der Waals surface area contributed by atoms with Crippen LogP contribution in [0.5, 0.6) is 11.5 Å². The summed E-state index contributed by atoms with van der Waals surface area (Å²) in [6.45, 7) is 2.04. The van der Waals surface area contributed by atoms with Gasteiger partial charge in [-0.25, -0.2) is 5.43 Å². The zero-order valence-corrected chi connectivity index (χ0v) is 21.6. The molecule has 0 radical (unpaired) electrons. The topological polar surface area (TPSA) is 90.6 Å². The SMILES string of the molecule is COc1ccc(-n2c(SCC(=O)N/N=C/C=C/c3ccccc3OC)nnc2-c2ccc(C)cc2)cc1. The number of hydrogen-bond donors (Lipinski definition) is 1. The van der Waals surface area contributed by atoms with E-state index in [1.165, 1.54) is 18.0 Å². The minimum Gasteiger partial charge on any atom is -0.497 e. The molecule has 4 rings (SSSR count). The molecule has 0 aliphatic heterocycles. The van der Waals surface area contributed by atoms with Gasteiger partial charge in [-0.2, -0.15) is 5.10 Å². The Hall–Kier alpha value is -4.37. The second-order valence-electron chi connectivity index (χ2n) is 7.91. The minimum atomic E-state index is -0.256. The molecule has 1 aromatic heterocycles. The highest BCUT2D eigenvalue weighted by atomic mass is 32.2. The van der Waals surface area contributed by atoms with Gasteiger partial charge in [-0.1, -0.05) is 59.8 Å². The maximum Gasteiger partial charge on any atom is 0.250 e. The molecular formula is C28H27N5O3S. The number of nitrogens with zero attached hydrogens (tertiary/aromatic N) is 4. The Morgan fingerprint density at radius 2 is 1.76 bits per heavy atom. The number of allylic oxidation sites excluding steroid dienone is 1. The number of para-hydroxylation sites is 1. The minimum absolute atomic E-state index is 0.121. The molecule has 4 aromatic rings. The predicted molar refractivity (Wildman–Crippen MR) is 147 cm³/mol. The second-order valence-corrected chi connectivity index (χ2v) is 8.85. The zero-order chi connectivity index (χ0) is 26.0. The number of hydrazone groups is 1. The van der Waals surface area contributed by atoms with Gasteiger partial charge in [0.2, 0.25) is 0 Å². The average molecular weight is 514 g/mol. The van der Waals surface area contributed by atoms with Crippen molar-refractivity contribution in [2.75, 3.05) is 20.0 Å². The number of rotatable bonds is 10. The largest absolute Gasteiger partial charge is 0.497 e. The van der Waals surface area contributed by atoms with Crippen LogP contribution >= 0.6 is 11.8 Å². The first-order chi connectivity index (χ1) is 18.1. The summed E-state index contributed by atoms with van der Waals surface area (Å²) in [7, 11) is 3.25. The van der Waals surface area contributed by atoms with Gasteiger partial charge in [0.1, 0.15) is 11.5 Å². The van der Waals surface area contributed by atoms with E-state index in [9.17, 15) is 4.79 Å². The van der Waals surface area contributed by atoms with Crippen molar-refractivity contribution in [2.24, 2.45) is 5.10 Å². The Balaban J connectivity index is 1.45. The molecule has 188 valence electrons. The van der Waals surface area contributed by atoms with Crippen LogP contribution in [0.2, 0.25) is 0 Å². The molecule has 0 unspecified atom stereocenters. The number of benzene rings is 3. The van der Waals surface area contributed by atoms with Crippen molar-refractivity contribution in [1.29, 1.82) is 0 Å². The lowest BCUT2D eigenvalue weighted by molar-refractivity contribution is -0.118. The van der Waals surface area contributed by atoms with Gasteiger partial charge in [0, 0.05) is 23.0 Å². The number of aromatic nitrogens is 3. The number of nitrogens with one attached hydrogen (secondary N) is 1. The first-order valence-electron chi connectivity index (χ1n) is 11.5. The number of aryl methyl sites for hydroxylation is 1. The number of ether oxygens (including phenoxy) is 2. The molecule has 1 N–H and O–H groups in total. The first-order valence-corrected chi connectivity index (χ1v) is 12.5. The van der Waals surface area contributed by atoms with E-state index in [0.717, 1.165) is 33.9 Å². The van der Waals surface area contributed by atoms with Gasteiger partial charge >= 0.3 is 0 Å². The van der Waals surface area contributed by atoms with Gasteiger partial charge in [-0.15, -0.1) is 10.2 Å². The van der Waals surface area contributed by atoms with E-state index in [-0.39, 0.29) is 11.7 Å². The Bertz CT molecular complexity index is 1400. The summed E-state index contributed by atoms with van der Waals surface area (Å²) in [4.78, 5) is 12.4. The van der Waals surface area contributed by atoms with Gasteiger partial charge in [0.15, 0.2) is 11.0 Å². The standard InChI is InChI=1S/C28H27N5O3S/c1-20-10-12-22(13-11-20)27-31-32-28(33(27)23-14-16-24(35-2)17-15-23)37-19-26(34)30-29-18-6-8-21-7-4-5-9-25(21)36-3/h4-18H,19H2,1-3H3,(H,30,34)/b8-6+,29-18+. The Morgan fingerprint density at radius 1 is 1.00 bits per heavy atom. The number of carbonyl (C=O) groups excluding carboxylic acids is 1. The number of thioether (sulfide) groups is 1. The van der Waals surface area contributed by atoms with Gasteiger partial charge in [-0.05, 0) is 49.4 Å². The number of carbonyl (C=O) groups is 1. The Labute approximate surface area is 220 Å². The van der Waals surface area contributed by atoms with Crippen molar-refractivity contribution in [2.45, 2.75) is 12.1 Å². The average Bonchev–Trinajstić information content (AvgIpc) is 3.36. The van der Waals surface area contributed by atoms with Crippen LogP contribution in [0.3, 0.4) is 0 Å². The molecule has 9 heteroatoms. The summed E-state index contributed by atoms with van der Waals surface area (Å²) in [6.07, 6.45) is 5.11. The molecule has 1 amide bonds. The van der Waals surface area contributed by atoms with Crippen LogP contribution in [0.25, 0.3) is 23.2 Å². The fourth-order valence-corrected chi connectivity index (χ4v) is 4.23. The van der Waals surface area contributed by atoms with Gasteiger partial charge in [0.25, 0.3) is 5.91 Å². The third-order valence-electron chi connectivity index (χ3n) is 5.37. The van der Waals surface area contributed by atoms with Crippen molar-refractivity contribution < 1.29 is 14.3 Å². The summed E-state index contributed by atoms with van der Waals surface area (Å²) in [5, 5.41) is 13.4. The smallest absolute Gasteiger partial charge is 0.250 e. The van der Waals surface area contributed by atoms with Crippen LogP contribution in [0.1, 0.15) is 11.1 Å². The van der Waals surface area contributed by atoms with Gasteiger partial charge in [0.05, 0.1) is 20.0 Å². The maximum atomic E-state index is 12.4. The van der Waals surface area contributed by atoms with Crippen LogP contribution in [-0.2, 0) is 4.79 Å². The Morgan fingerprint density at radius 3 is 2.49 bits per heavy atom. The molecule has 0 bridgehead atoms. The third-order valence-corrected chi connectivity index (χ3v) is 6.30. The van der Waals surface area contributed by atoms with Gasteiger partial charge in [-0.3, -0.25) is 9.36 Å². The van der Waals surface area contributed by atoms with E-state index < -0.39 is 0 Å². The molecule has 0 saturated carbocycles. The highest BCUT2D eigenvalue weighted by Crippen LogP contribution is 2.29. The van der Waals surface area contributed by atoms with E-state index in [4.69, 9.17) is 9.47 Å². The fraction of sp³-hybridized carbons (Fsp3) is 0.143. The molecule has 0 aliphatic rings. The van der Waals surface area contributed by atoms with E-state index in [0.29, 0.717) is 11.0 Å². The number of amides is 1. The fourth-order valence-electron chi connectivity index (χ4n) is 3.48. The summed E-state index contributed by atoms with van der Waals surface area (Å²) in [6, 6.07) is 23.3. The molecule has 0 aliphatic carbocycles.